The van der Waals surface area contributed by atoms with Crippen LogP contribution in [0.25, 0.3) is 0 Å². The zero-order valence-electron chi connectivity index (χ0n) is 12.9. The van der Waals surface area contributed by atoms with Crippen molar-refractivity contribution in [3.05, 3.63) is 47.5 Å². The van der Waals surface area contributed by atoms with E-state index in [2.05, 4.69) is 0 Å². The summed E-state index contributed by atoms with van der Waals surface area (Å²) in [7, 11) is 2.72. The Morgan fingerprint density at radius 1 is 0.750 bits per heavy atom. The first-order valence-corrected chi connectivity index (χ1v) is 6.50. The van der Waals surface area contributed by atoms with Gasteiger partial charge in [0.05, 0.1) is 25.3 Å². The molecule has 0 fully saturated rings. The fourth-order valence-corrected chi connectivity index (χ4v) is 1.62. The zero-order chi connectivity index (χ0) is 18.3. The van der Waals surface area contributed by atoms with Crippen LogP contribution in [0.4, 0.5) is 0 Å². The van der Waals surface area contributed by atoms with Crippen LogP contribution in [0.5, 0.6) is 23.0 Å². The molecular weight excluding hydrogens is 320 g/mol. The largest absolute Gasteiger partial charge is 0.504 e. The van der Waals surface area contributed by atoms with Crippen molar-refractivity contribution >= 4 is 11.9 Å². The van der Waals surface area contributed by atoms with Gasteiger partial charge < -0.3 is 29.9 Å². The van der Waals surface area contributed by atoms with E-state index in [1.54, 1.807) is 0 Å². The van der Waals surface area contributed by atoms with Crippen molar-refractivity contribution in [3.63, 3.8) is 0 Å². The molecule has 0 saturated heterocycles. The van der Waals surface area contributed by atoms with Crippen LogP contribution in [0.1, 0.15) is 20.7 Å². The maximum Gasteiger partial charge on any atom is 0.335 e. The van der Waals surface area contributed by atoms with Gasteiger partial charge in [-0.2, -0.15) is 0 Å². The van der Waals surface area contributed by atoms with Crippen LogP contribution in [0, 0.1) is 0 Å². The number of phenolic OH excluding ortho intramolecular Hbond substituents is 2. The molecule has 0 amide bonds. The molecule has 0 unspecified atom stereocenters. The first-order chi connectivity index (χ1) is 11.3. The lowest BCUT2D eigenvalue weighted by atomic mass is 10.2. The maximum absolute atomic E-state index is 10.4. The van der Waals surface area contributed by atoms with E-state index in [0.29, 0.717) is 0 Å². The number of hydrogen-bond acceptors (Lipinski definition) is 6. The lowest BCUT2D eigenvalue weighted by Gasteiger charge is -2.02. The van der Waals surface area contributed by atoms with Gasteiger partial charge in [-0.05, 0) is 36.4 Å². The summed E-state index contributed by atoms with van der Waals surface area (Å²) in [6.07, 6.45) is 0. The van der Waals surface area contributed by atoms with Crippen molar-refractivity contribution < 1.29 is 39.5 Å². The molecule has 0 saturated carbocycles. The third kappa shape index (κ3) is 4.80. The Balaban J connectivity index is 0.000000240. The Hall–Kier alpha value is -3.42. The molecule has 0 heterocycles. The number of methoxy groups -OCH3 is 2. The predicted molar refractivity (Wildman–Crippen MR) is 83.2 cm³/mol. The van der Waals surface area contributed by atoms with Gasteiger partial charge >= 0.3 is 11.9 Å². The second-order valence-electron chi connectivity index (χ2n) is 4.38. The fourth-order valence-electron chi connectivity index (χ4n) is 1.62. The molecule has 2 aromatic carbocycles. The van der Waals surface area contributed by atoms with E-state index in [4.69, 9.17) is 29.9 Å². The molecule has 0 spiro atoms. The molecule has 2 rings (SSSR count). The summed E-state index contributed by atoms with van der Waals surface area (Å²) >= 11 is 0. The summed E-state index contributed by atoms with van der Waals surface area (Å²) in [5, 5.41) is 35.3. The van der Waals surface area contributed by atoms with Gasteiger partial charge in [0.15, 0.2) is 23.0 Å². The molecule has 0 aliphatic rings. The smallest absolute Gasteiger partial charge is 0.335 e. The van der Waals surface area contributed by atoms with E-state index in [1.807, 2.05) is 0 Å². The van der Waals surface area contributed by atoms with Crippen molar-refractivity contribution in [1.82, 2.24) is 0 Å². The molecule has 8 nitrogen and oxygen atoms in total. The summed E-state index contributed by atoms with van der Waals surface area (Å²) < 4.78 is 9.44. The third-order valence-electron chi connectivity index (χ3n) is 2.85. The van der Waals surface area contributed by atoms with Crippen LogP contribution in [0.15, 0.2) is 36.4 Å². The summed E-state index contributed by atoms with van der Waals surface area (Å²) in [4.78, 5) is 20.9. The molecular formula is C16H16O8. The van der Waals surface area contributed by atoms with Gasteiger partial charge in [0.2, 0.25) is 0 Å². The third-order valence-corrected chi connectivity index (χ3v) is 2.85. The highest BCUT2D eigenvalue weighted by Crippen LogP contribution is 2.26. The highest BCUT2D eigenvalue weighted by Gasteiger charge is 2.07. The topological polar surface area (TPSA) is 134 Å². The number of carboxylic acids is 2. The zero-order valence-corrected chi connectivity index (χ0v) is 12.9. The summed E-state index contributed by atoms with van der Waals surface area (Å²) in [5.74, 6) is -1.91. The molecule has 2 aromatic rings. The summed E-state index contributed by atoms with van der Waals surface area (Å²) in [6.45, 7) is 0. The van der Waals surface area contributed by atoms with Crippen molar-refractivity contribution in [2.75, 3.05) is 14.2 Å². The monoisotopic (exact) mass is 336 g/mol. The van der Waals surface area contributed by atoms with Crippen molar-refractivity contribution in [1.29, 1.82) is 0 Å². The number of aromatic carboxylic acids is 2. The second-order valence-corrected chi connectivity index (χ2v) is 4.38. The molecule has 0 aromatic heterocycles. The highest BCUT2D eigenvalue weighted by molar-refractivity contribution is 5.88. The SMILES string of the molecule is COc1cc(C(=O)O)ccc1O.COc1cc(C(=O)O)ccc1O. The van der Waals surface area contributed by atoms with Crippen LogP contribution in [-0.4, -0.2) is 46.6 Å². The first kappa shape index (κ1) is 18.6. The van der Waals surface area contributed by atoms with Crippen molar-refractivity contribution in [2.24, 2.45) is 0 Å². The summed E-state index contributed by atoms with van der Waals surface area (Å²) in [5.41, 5.74) is 0.175. The van der Waals surface area contributed by atoms with Crippen LogP contribution >= 0.6 is 0 Å². The normalized spacial score (nSPS) is 9.42. The van der Waals surface area contributed by atoms with E-state index in [0.717, 1.165) is 0 Å². The lowest BCUT2D eigenvalue weighted by molar-refractivity contribution is 0.0685. The van der Waals surface area contributed by atoms with Crippen LogP contribution in [0.2, 0.25) is 0 Å². The van der Waals surface area contributed by atoms with E-state index in [-0.39, 0.29) is 34.1 Å². The van der Waals surface area contributed by atoms with E-state index in [9.17, 15) is 9.59 Å². The van der Waals surface area contributed by atoms with Gasteiger partial charge in [-0.3, -0.25) is 0 Å². The number of phenols is 2. The average molecular weight is 336 g/mol. The molecule has 0 bridgehead atoms. The van der Waals surface area contributed by atoms with E-state index in [1.165, 1.54) is 50.6 Å². The number of carboxylic acid groups (broad SMARTS) is 2. The Kier molecular flexibility index (Phi) is 6.42. The number of aromatic hydroxyl groups is 2. The maximum atomic E-state index is 10.4. The average Bonchev–Trinajstić information content (AvgIpc) is 2.55. The number of carbonyl (C=O) groups is 2. The van der Waals surface area contributed by atoms with E-state index < -0.39 is 11.9 Å². The molecule has 24 heavy (non-hydrogen) atoms. The fraction of sp³-hybridized carbons (Fsp3) is 0.125. The first-order valence-electron chi connectivity index (χ1n) is 6.50. The Morgan fingerprint density at radius 2 is 1.08 bits per heavy atom. The quantitative estimate of drug-likeness (QED) is 0.667. The Bertz CT molecular complexity index is 675. The standard InChI is InChI=1S/2C8H8O4/c2*1-12-7-4-5(8(10)11)2-3-6(7)9/h2*2-4,9H,1H3,(H,10,11). The molecule has 0 radical (unpaired) electrons. The molecule has 0 aliphatic heterocycles. The minimum absolute atomic E-state index is 0.0671. The number of rotatable bonds is 4. The van der Waals surface area contributed by atoms with E-state index >= 15 is 0 Å². The molecule has 0 aliphatic carbocycles. The highest BCUT2D eigenvalue weighted by atomic mass is 16.5. The molecule has 0 atom stereocenters. The number of benzene rings is 2. The molecule has 4 N–H and O–H groups in total. The Labute approximate surface area is 137 Å². The van der Waals surface area contributed by atoms with Gasteiger partial charge in [-0.15, -0.1) is 0 Å². The molecule has 8 heteroatoms. The van der Waals surface area contributed by atoms with Crippen LogP contribution in [-0.2, 0) is 0 Å². The molecule has 128 valence electrons. The van der Waals surface area contributed by atoms with Gasteiger partial charge in [-0.1, -0.05) is 0 Å². The number of ether oxygens (including phenoxy) is 2. The van der Waals surface area contributed by atoms with Crippen LogP contribution < -0.4 is 9.47 Å². The Morgan fingerprint density at radius 3 is 1.33 bits per heavy atom. The van der Waals surface area contributed by atoms with Gasteiger partial charge in [0.1, 0.15) is 0 Å². The van der Waals surface area contributed by atoms with Gasteiger partial charge in [0, 0.05) is 0 Å². The van der Waals surface area contributed by atoms with Gasteiger partial charge in [0.25, 0.3) is 0 Å². The number of hydrogen-bond donors (Lipinski definition) is 4. The minimum atomic E-state index is -1.05. The van der Waals surface area contributed by atoms with Gasteiger partial charge in [-0.25, -0.2) is 9.59 Å². The minimum Gasteiger partial charge on any atom is -0.504 e. The second kappa shape index (κ2) is 8.28. The van der Waals surface area contributed by atoms with Crippen molar-refractivity contribution in [2.45, 2.75) is 0 Å². The lowest BCUT2D eigenvalue weighted by Crippen LogP contribution is -1.96. The predicted octanol–water partition coefficient (Wildman–Crippen LogP) is 2.20. The van der Waals surface area contributed by atoms with Crippen molar-refractivity contribution in [3.8, 4) is 23.0 Å². The van der Waals surface area contributed by atoms with Crippen LogP contribution in [0.3, 0.4) is 0 Å². The summed E-state index contributed by atoms with van der Waals surface area (Å²) in [6, 6.07) is 7.69.